The first-order valence-corrected chi connectivity index (χ1v) is 7.51. The molecule has 0 aliphatic rings. The number of hydrogen-bond acceptors (Lipinski definition) is 3. The smallest absolute Gasteiger partial charge is 0.337 e. The lowest BCUT2D eigenvalue weighted by Gasteiger charge is -2.08. The zero-order valence-electron chi connectivity index (χ0n) is 9.19. The van der Waals surface area contributed by atoms with Crippen LogP contribution in [0.25, 0.3) is 0 Å². The maximum atomic E-state index is 11.6. The van der Waals surface area contributed by atoms with Gasteiger partial charge < -0.3 is 5.11 Å². The second-order valence-corrected chi connectivity index (χ2v) is 6.09. The molecule has 0 saturated heterocycles. The number of sulfonamides is 1. The number of halogens is 2. The topological polar surface area (TPSA) is 83.5 Å². The predicted molar refractivity (Wildman–Crippen MR) is 71.2 cm³/mol. The van der Waals surface area contributed by atoms with E-state index in [0.29, 0.717) is 6.42 Å². The van der Waals surface area contributed by atoms with Gasteiger partial charge in [-0.15, -0.1) is 11.6 Å². The number of aromatic carboxylic acids is 1. The molecule has 0 unspecified atom stereocenters. The molecule has 0 radical (unpaired) electrons. The van der Waals surface area contributed by atoms with E-state index in [0.717, 1.165) is 0 Å². The zero-order valence-corrected chi connectivity index (χ0v) is 11.5. The molecule has 2 N–H and O–H groups in total. The highest BCUT2D eigenvalue weighted by Crippen LogP contribution is 2.21. The lowest BCUT2D eigenvalue weighted by Crippen LogP contribution is -2.17. The van der Waals surface area contributed by atoms with Crippen LogP contribution in [0.3, 0.4) is 0 Å². The molecular formula is C10H11Cl2NO4S. The summed E-state index contributed by atoms with van der Waals surface area (Å²) in [5.41, 5.74) is 0.000539. The number of hydrogen-bond donors (Lipinski definition) is 2. The highest BCUT2D eigenvalue weighted by atomic mass is 35.5. The number of rotatable bonds is 6. The molecule has 0 heterocycles. The van der Waals surface area contributed by atoms with Crippen molar-refractivity contribution >= 4 is 44.9 Å². The van der Waals surface area contributed by atoms with Crippen molar-refractivity contribution in [1.82, 2.24) is 0 Å². The van der Waals surface area contributed by atoms with Gasteiger partial charge in [0.25, 0.3) is 0 Å². The molecule has 1 aromatic carbocycles. The van der Waals surface area contributed by atoms with Crippen molar-refractivity contribution in [3.05, 3.63) is 28.8 Å². The number of anilines is 1. The minimum Gasteiger partial charge on any atom is -0.478 e. The summed E-state index contributed by atoms with van der Waals surface area (Å²) in [7, 11) is -3.52. The Labute approximate surface area is 115 Å². The summed E-state index contributed by atoms with van der Waals surface area (Å²) in [6, 6.07) is 3.89. The summed E-state index contributed by atoms with van der Waals surface area (Å²) in [5.74, 6) is -1.11. The second kappa shape index (κ2) is 6.26. The van der Waals surface area contributed by atoms with Gasteiger partial charge in [0.1, 0.15) is 0 Å². The number of carboxylic acids is 1. The molecule has 0 aliphatic heterocycles. The molecule has 18 heavy (non-hydrogen) atoms. The van der Waals surface area contributed by atoms with Crippen LogP contribution in [0.4, 0.5) is 5.69 Å². The van der Waals surface area contributed by atoms with E-state index in [4.69, 9.17) is 28.3 Å². The van der Waals surface area contributed by atoms with Gasteiger partial charge in [-0.05, 0) is 24.6 Å². The molecule has 0 spiro atoms. The van der Waals surface area contributed by atoms with E-state index in [1.165, 1.54) is 18.2 Å². The molecule has 0 amide bonds. The Morgan fingerprint density at radius 1 is 1.39 bits per heavy atom. The van der Waals surface area contributed by atoms with Crippen LogP contribution < -0.4 is 4.72 Å². The summed E-state index contributed by atoms with van der Waals surface area (Å²) >= 11 is 11.1. The van der Waals surface area contributed by atoms with Gasteiger partial charge in [-0.1, -0.05) is 11.6 Å². The van der Waals surface area contributed by atoms with Crippen LogP contribution in [-0.4, -0.2) is 31.1 Å². The van der Waals surface area contributed by atoms with E-state index in [1.54, 1.807) is 0 Å². The summed E-state index contributed by atoms with van der Waals surface area (Å²) in [6.45, 7) is 0. The fourth-order valence-electron chi connectivity index (χ4n) is 1.23. The Balaban J connectivity index is 2.92. The third kappa shape index (κ3) is 4.36. The van der Waals surface area contributed by atoms with Gasteiger partial charge in [0.05, 0.1) is 16.3 Å². The van der Waals surface area contributed by atoms with Gasteiger partial charge in [0.2, 0.25) is 10.0 Å². The average Bonchev–Trinajstić information content (AvgIpc) is 2.28. The van der Waals surface area contributed by atoms with Crippen LogP contribution in [0, 0.1) is 0 Å². The molecule has 8 heteroatoms. The molecule has 1 rings (SSSR count). The Hall–Kier alpha value is -0.980. The van der Waals surface area contributed by atoms with E-state index < -0.39 is 16.0 Å². The van der Waals surface area contributed by atoms with Crippen molar-refractivity contribution in [2.75, 3.05) is 16.4 Å². The van der Waals surface area contributed by atoms with Gasteiger partial charge in [0, 0.05) is 11.6 Å². The standard InChI is InChI=1S/C10H11Cl2NO4S/c11-4-1-5-18(16,17)13-7-2-3-9(12)8(6-7)10(14)15/h2-3,6,13H,1,4-5H2,(H,14,15). The maximum absolute atomic E-state index is 11.6. The predicted octanol–water partition coefficient (Wildman–Crippen LogP) is 2.41. The van der Waals surface area contributed by atoms with Crippen molar-refractivity contribution < 1.29 is 18.3 Å². The molecule has 5 nitrogen and oxygen atoms in total. The lowest BCUT2D eigenvalue weighted by molar-refractivity contribution is 0.0697. The van der Waals surface area contributed by atoms with Crippen LogP contribution in [0.5, 0.6) is 0 Å². The van der Waals surface area contributed by atoms with Gasteiger partial charge >= 0.3 is 5.97 Å². The van der Waals surface area contributed by atoms with Crippen molar-refractivity contribution in [2.45, 2.75) is 6.42 Å². The van der Waals surface area contributed by atoms with Crippen molar-refractivity contribution in [1.29, 1.82) is 0 Å². The molecule has 100 valence electrons. The SMILES string of the molecule is O=C(O)c1cc(NS(=O)(=O)CCCCl)ccc1Cl. The molecule has 1 aromatic rings. The summed E-state index contributed by atoms with van der Waals surface area (Å²) in [5, 5.41) is 8.90. The van der Waals surface area contributed by atoms with Crippen molar-refractivity contribution in [3.8, 4) is 0 Å². The van der Waals surface area contributed by atoms with Crippen LogP contribution in [-0.2, 0) is 10.0 Å². The van der Waals surface area contributed by atoms with Gasteiger partial charge in [0.15, 0.2) is 0 Å². The third-order valence-electron chi connectivity index (χ3n) is 2.02. The van der Waals surface area contributed by atoms with Crippen LogP contribution in [0.15, 0.2) is 18.2 Å². The van der Waals surface area contributed by atoms with Crippen LogP contribution in [0.1, 0.15) is 16.8 Å². The van der Waals surface area contributed by atoms with Gasteiger partial charge in [-0.2, -0.15) is 0 Å². The highest BCUT2D eigenvalue weighted by Gasteiger charge is 2.13. The second-order valence-electron chi connectivity index (χ2n) is 3.46. The first-order valence-electron chi connectivity index (χ1n) is 4.95. The minimum absolute atomic E-state index is 0.0474. The van der Waals surface area contributed by atoms with Gasteiger partial charge in [-0.25, -0.2) is 13.2 Å². The highest BCUT2D eigenvalue weighted by molar-refractivity contribution is 7.92. The Morgan fingerprint density at radius 3 is 2.61 bits per heavy atom. The fraction of sp³-hybridized carbons (Fsp3) is 0.300. The first kappa shape index (κ1) is 15.1. The number of nitrogens with one attached hydrogen (secondary N) is 1. The lowest BCUT2D eigenvalue weighted by atomic mass is 10.2. The van der Waals surface area contributed by atoms with Crippen molar-refractivity contribution in [2.24, 2.45) is 0 Å². The first-order chi connectivity index (χ1) is 8.35. The number of benzene rings is 1. The number of carboxylic acid groups (broad SMARTS) is 1. The average molecular weight is 312 g/mol. The molecule has 0 saturated carbocycles. The van der Waals surface area contributed by atoms with E-state index in [-0.39, 0.29) is 27.9 Å². The van der Waals surface area contributed by atoms with E-state index in [9.17, 15) is 13.2 Å². The largest absolute Gasteiger partial charge is 0.478 e. The summed E-state index contributed by atoms with van der Waals surface area (Å²) in [4.78, 5) is 10.8. The maximum Gasteiger partial charge on any atom is 0.337 e. The minimum atomic E-state index is -3.52. The number of alkyl halides is 1. The summed E-state index contributed by atoms with van der Waals surface area (Å²) in [6.07, 6.45) is 0.316. The van der Waals surface area contributed by atoms with E-state index in [2.05, 4.69) is 4.72 Å². The molecule has 0 bridgehead atoms. The molecular weight excluding hydrogens is 301 g/mol. The summed E-state index contributed by atoms with van der Waals surface area (Å²) < 4.78 is 25.4. The van der Waals surface area contributed by atoms with E-state index in [1.807, 2.05) is 0 Å². The fourth-order valence-corrected chi connectivity index (χ4v) is 2.83. The monoisotopic (exact) mass is 311 g/mol. The molecule has 0 aromatic heterocycles. The quantitative estimate of drug-likeness (QED) is 0.790. The Bertz CT molecular complexity index is 545. The molecule has 0 fully saturated rings. The van der Waals surface area contributed by atoms with Crippen LogP contribution in [0.2, 0.25) is 5.02 Å². The van der Waals surface area contributed by atoms with E-state index >= 15 is 0 Å². The Kier molecular flexibility index (Phi) is 5.25. The van der Waals surface area contributed by atoms with Crippen molar-refractivity contribution in [3.63, 3.8) is 0 Å². The Morgan fingerprint density at radius 2 is 2.06 bits per heavy atom. The number of carbonyl (C=O) groups is 1. The molecule has 0 atom stereocenters. The van der Waals surface area contributed by atoms with Gasteiger partial charge in [-0.3, -0.25) is 4.72 Å². The zero-order chi connectivity index (χ0) is 13.8. The third-order valence-corrected chi connectivity index (χ3v) is 3.99. The normalized spacial score (nSPS) is 11.2. The van der Waals surface area contributed by atoms with Crippen LogP contribution >= 0.6 is 23.2 Å². The molecule has 0 aliphatic carbocycles.